The van der Waals surface area contributed by atoms with Gasteiger partial charge in [-0.25, -0.2) is 9.37 Å². The van der Waals surface area contributed by atoms with Gasteiger partial charge >= 0.3 is 0 Å². The summed E-state index contributed by atoms with van der Waals surface area (Å²) in [6, 6.07) is 15.3. The van der Waals surface area contributed by atoms with Crippen molar-refractivity contribution in [1.29, 1.82) is 0 Å². The number of aromatic amines is 1. The predicted molar refractivity (Wildman–Crippen MR) is 121 cm³/mol. The van der Waals surface area contributed by atoms with Crippen LogP contribution in [0.4, 0.5) is 4.39 Å². The Morgan fingerprint density at radius 2 is 1.94 bits per heavy atom. The molecule has 0 bridgehead atoms. The molecule has 4 rings (SSSR count). The van der Waals surface area contributed by atoms with Crippen molar-refractivity contribution >= 4 is 29.7 Å². The lowest BCUT2D eigenvalue weighted by atomic mass is 9.82. The molecule has 1 unspecified atom stereocenters. The molecule has 0 aliphatic rings. The average Bonchev–Trinajstić information content (AvgIpc) is 3.23. The number of pyridine rings is 1. The van der Waals surface area contributed by atoms with E-state index in [0.717, 1.165) is 11.1 Å². The van der Waals surface area contributed by atoms with Crippen LogP contribution in [0.15, 0.2) is 67.1 Å². The second kappa shape index (κ2) is 9.10. The molecule has 0 aliphatic heterocycles. The molecule has 162 valence electrons. The molecular weight excluding hydrogens is 452 g/mol. The van der Waals surface area contributed by atoms with Crippen LogP contribution in [-0.4, -0.2) is 21.4 Å². The third-order valence-corrected chi connectivity index (χ3v) is 5.83. The molecule has 1 N–H and O–H groups in total. The Balaban J connectivity index is 1.91. The van der Waals surface area contributed by atoms with E-state index in [1.807, 2.05) is 31.2 Å². The molecule has 0 spiro atoms. The van der Waals surface area contributed by atoms with Gasteiger partial charge in [-0.05, 0) is 42.8 Å². The average molecular weight is 470 g/mol. The zero-order chi connectivity index (χ0) is 22.7. The van der Waals surface area contributed by atoms with Gasteiger partial charge in [0, 0.05) is 34.5 Å². The van der Waals surface area contributed by atoms with Crippen molar-refractivity contribution in [2.24, 2.45) is 0 Å². The number of aryl methyl sites for hydroxylation is 1. The van der Waals surface area contributed by atoms with Crippen LogP contribution < -0.4 is 0 Å². The zero-order valence-electron chi connectivity index (χ0n) is 17.0. The Morgan fingerprint density at radius 1 is 1.12 bits per heavy atom. The highest BCUT2D eigenvalue weighted by molar-refractivity contribution is 6.31. The van der Waals surface area contributed by atoms with Gasteiger partial charge in [-0.2, -0.15) is 0 Å². The van der Waals surface area contributed by atoms with Crippen molar-refractivity contribution in [3.63, 3.8) is 0 Å². The van der Waals surface area contributed by atoms with E-state index < -0.39 is 11.4 Å². The summed E-state index contributed by atoms with van der Waals surface area (Å²) in [5.74, 6) is -0.519. The Morgan fingerprint density at radius 3 is 2.66 bits per heavy atom. The highest BCUT2D eigenvalue weighted by Gasteiger charge is 2.41. The number of rotatable bonds is 7. The molecule has 0 saturated heterocycles. The lowest BCUT2D eigenvalue weighted by molar-refractivity contribution is -0.141. The van der Waals surface area contributed by atoms with E-state index in [0.29, 0.717) is 34.1 Å². The van der Waals surface area contributed by atoms with Gasteiger partial charge in [-0.3, -0.25) is 9.78 Å². The molecule has 8 heteroatoms. The molecule has 0 amide bonds. The SMILES string of the molecule is Cc1ccccc1C(Cc1[nH]cnc1-c1ccc(F)c(Cl)c1)(OC=O)c1cc(Cl)ccn1. The van der Waals surface area contributed by atoms with Gasteiger partial charge < -0.3 is 9.72 Å². The third kappa shape index (κ3) is 4.11. The Kier molecular flexibility index (Phi) is 6.26. The second-order valence-corrected chi connectivity index (χ2v) is 8.09. The van der Waals surface area contributed by atoms with Crippen molar-refractivity contribution in [3.05, 3.63) is 105 Å². The van der Waals surface area contributed by atoms with Crippen LogP contribution >= 0.6 is 23.2 Å². The van der Waals surface area contributed by atoms with E-state index in [4.69, 9.17) is 27.9 Å². The van der Waals surface area contributed by atoms with Gasteiger partial charge in [0.1, 0.15) is 5.82 Å². The van der Waals surface area contributed by atoms with Crippen LogP contribution in [0.3, 0.4) is 0 Å². The summed E-state index contributed by atoms with van der Waals surface area (Å²) < 4.78 is 19.5. The number of nitrogens with zero attached hydrogens (tertiary/aromatic N) is 2. The van der Waals surface area contributed by atoms with Gasteiger partial charge in [0.2, 0.25) is 0 Å². The molecule has 4 aromatic rings. The van der Waals surface area contributed by atoms with Crippen molar-refractivity contribution in [3.8, 4) is 11.3 Å². The van der Waals surface area contributed by atoms with Gasteiger partial charge in [0.25, 0.3) is 6.47 Å². The molecule has 2 aromatic heterocycles. The van der Waals surface area contributed by atoms with Gasteiger partial charge in [0.15, 0.2) is 5.60 Å². The molecule has 0 radical (unpaired) electrons. The number of nitrogens with one attached hydrogen (secondary N) is 1. The van der Waals surface area contributed by atoms with Crippen LogP contribution in [0.1, 0.15) is 22.5 Å². The minimum absolute atomic E-state index is 0.0118. The summed E-state index contributed by atoms with van der Waals surface area (Å²) in [7, 11) is 0. The number of halogens is 3. The maximum absolute atomic E-state index is 13.7. The van der Waals surface area contributed by atoms with E-state index in [1.165, 1.54) is 18.5 Å². The molecule has 0 aliphatic carbocycles. The number of hydrogen-bond donors (Lipinski definition) is 1. The number of carbonyl (C=O) groups excluding carboxylic acids is 1. The van der Waals surface area contributed by atoms with Gasteiger partial charge in [0.05, 0.1) is 22.7 Å². The monoisotopic (exact) mass is 469 g/mol. The zero-order valence-corrected chi connectivity index (χ0v) is 18.5. The van der Waals surface area contributed by atoms with Crippen molar-refractivity contribution < 1.29 is 13.9 Å². The van der Waals surface area contributed by atoms with Crippen molar-refractivity contribution in [2.45, 2.75) is 18.9 Å². The standard InChI is InChI=1S/C24H18Cl2FN3O2/c1-15-4-2-3-5-18(15)24(32-14-31,22-11-17(25)8-9-28-22)12-21-23(30-13-29-21)16-6-7-20(27)19(26)10-16/h2-11,13-14H,12H2,1H3,(H,29,30). The minimum atomic E-state index is -1.29. The fraction of sp³-hybridized carbons (Fsp3) is 0.125. The predicted octanol–water partition coefficient (Wildman–Crippen LogP) is 5.89. The molecule has 0 saturated carbocycles. The van der Waals surface area contributed by atoms with Crippen LogP contribution in [0.25, 0.3) is 11.3 Å². The first-order valence-corrected chi connectivity index (χ1v) is 10.5. The smallest absolute Gasteiger partial charge is 0.294 e. The maximum Gasteiger partial charge on any atom is 0.294 e. The minimum Gasteiger partial charge on any atom is -0.449 e. The highest BCUT2D eigenvalue weighted by Crippen LogP contribution is 2.39. The van der Waals surface area contributed by atoms with E-state index in [2.05, 4.69) is 15.0 Å². The summed E-state index contributed by atoms with van der Waals surface area (Å²) >= 11 is 12.3. The lowest BCUT2D eigenvalue weighted by Crippen LogP contribution is -2.36. The Bertz CT molecular complexity index is 1280. The number of aromatic nitrogens is 3. The maximum atomic E-state index is 13.7. The Hall–Kier alpha value is -3.22. The lowest BCUT2D eigenvalue weighted by Gasteiger charge is -2.33. The van der Waals surface area contributed by atoms with Gasteiger partial charge in [-0.15, -0.1) is 0 Å². The fourth-order valence-electron chi connectivity index (χ4n) is 3.82. The number of H-pyrrole nitrogens is 1. The molecule has 2 heterocycles. The second-order valence-electron chi connectivity index (χ2n) is 7.25. The van der Waals surface area contributed by atoms with Crippen LogP contribution in [0, 0.1) is 12.7 Å². The molecule has 2 aromatic carbocycles. The first-order valence-electron chi connectivity index (χ1n) is 9.72. The van der Waals surface area contributed by atoms with Crippen LogP contribution in [0.5, 0.6) is 0 Å². The fourth-order valence-corrected chi connectivity index (χ4v) is 4.16. The van der Waals surface area contributed by atoms with E-state index in [-0.39, 0.29) is 11.4 Å². The molecular formula is C24H18Cl2FN3O2. The largest absolute Gasteiger partial charge is 0.449 e. The number of imidazole rings is 1. The first kappa shape index (κ1) is 22.0. The molecule has 32 heavy (non-hydrogen) atoms. The first-order chi connectivity index (χ1) is 15.4. The summed E-state index contributed by atoms with van der Waals surface area (Å²) in [5.41, 5.74) is 2.66. The number of ether oxygens (including phenoxy) is 1. The number of hydrogen-bond acceptors (Lipinski definition) is 4. The Labute approximate surface area is 194 Å². The van der Waals surface area contributed by atoms with Crippen molar-refractivity contribution in [1.82, 2.24) is 15.0 Å². The van der Waals surface area contributed by atoms with E-state index in [9.17, 15) is 9.18 Å². The normalized spacial score (nSPS) is 12.9. The van der Waals surface area contributed by atoms with Crippen molar-refractivity contribution in [2.75, 3.05) is 0 Å². The topological polar surface area (TPSA) is 67.9 Å². The summed E-state index contributed by atoms with van der Waals surface area (Å²) in [6.45, 7) is 2.33. The molecule has 0 fully saturated rings. The van der Waals surface area contributed by atoms with E-state index >= 15 is 0 Å². The summed E-state index contributed by atoms with van der Waals surface area (Å²) in [4.78, 5) is 23.8. The third-order valence-electron chi connectivity index (χ3n) is 5.30. The van der Waals surface area contributed by atoms with Crippen LogP contribution in [-0.2, 0) is 21.6 Å². The summed E-state index contributed by atoms with van der Waals surface area (Å²) in [6.07, 6.45) is 3.26. The van der Waals surface area contributed by atoms with E-state index in [1.54, 1.807) is 24.4 Å². The summed E-state index contributed by atoms with van der Waals surface area (Å²) in [5, 5.41) is 0.444. The quantitative estimate of drug-likeness (QED) is 0.343. The molecule has 1 atom stereocenters. The highest BCUT2D eigenvalue weighted by atomic mass is 35.5. The van der Waals surface area contributed by atoms with Gasteiger partial charge in [-0.1, -0.05) is 47.5 Å². The number of benzene rings is 2. The molecule has 5 nitrogen and oxygen atoms in total. The number of carbonyl (C=O) groups is 1. The van der Waals surface area contributed by atoms with Crippen LogP contribution in [0.2, 0.25) is 10.0 Å².